The molecule has 1 aliphatic rings. The average molecular weight is 799 g/mol. The van der Waals surface area contributed by atoms with E-state index in [1.54, 1.807) is 0 Å². The molecular weight excluding hydrogens is 757 g/mol. The molecule has 0 radical (unpaired) electrons. The minimum atomic E-state index is -0.298. The summed E-state index contributed by atoms with van der Waals surface area (Å²) in [6.07, 6.45) is 0. The fraction of sp³-hybridized carbons (Fsp3) is 0.0476. The van der Waals surface area contributed by atoms with Gasteiger partial charge in [-0.15, -0.1) is 0 Å². The molecule has 0 heterocycles. The lowest BCUT2D eigenvalue weighted by Gasteiger charge is -2.25. The van der Waals surface area contributed by atoms with Gasteiger partial charge in [0.05, 0.1) is 0 Å². The van der Waals surface area contributed by atoms with Crippen molar-refractivity contribution in [2.45, 2.75) is 19.3 Å². The zero-order chi connectivity index (χ0) is 41.8. The van der Waals surface area contributed by atoms with E-state index in [1.807, 2.05) is 0 Å². The quantitative estimate of drug-likeness (QED) is 0.156. The lowest BCUT2D eigenvalue weighted by molar-refractivity contribution is 0.662. The lowest BCUT2D eigenvalue weighted by Crippen LogP contribution is -2.15. The Hall–Kier alpha value is -7.80. The van der Waals surface area contributed by atoms with Crippen molar-refractivity contribution >= 4 is 64.6 Å². The lowest BCUT2D eigenvalue weighted by atomic mass is 9.78. The Morgan fingerprint density at radius 2 is 0.444 bits per heavy atom. The van der Waals surface area contributed by atoms with Crippen LogP contribution in [0.15, 0.2) is 218 Å². The van der Waals surface area contributed by atoms with Crippen LogP contribution in [-0.4, -0.2) is 0 Å². The highest BCUT2D eigenvalue weighted by Crippen LogP contribution is 2.58. The summed E-state index contributed by atoms with van der Waals surface area (Å²) in [7, 11) is 0. The molecule has 12 aromatic rings. The molecule has 0 N–H and O–H groups in total. The molecule has 13 rings (SSSR count). The molecule has 0 unspecified atom stereocenters. The van der Waals surface area contributed by atoms with Gasteiger partial charge in [0.15, 0.2) is 0 Å². The van der Waals surface area contributed by atoms with Crippen molar-refractivity contribution in [1.29, 1.82) is 0 Å². The van der Waals surface area contributed by atoms with Crippen LogP contribution in [-0.2, 0) is 5.41 Å². The molecule has 0 nitrogen and oxygen atoms in total. The maximum Gasteiger partial charge on any atom is 0.0159 e. The number of fused-ring (bicyclic) bond motifs is 11. The van der Waals surface area contributed by atoms with Crippen molar-refractivity contribution in [3.05, 3.63) is 230 Å². The summed E-state index contributed by atoms with van der Waals surface area (Å²) in [5.41, 5.74) is 15.4. The fourth-order valence-electron chi connectivity index (χ4n) is 11.5. The van der Waals surface area contributed by atoms with E-state index < -0.39 is 0 Å². The van der Waals surface area contributed by atoms with E-state index >= 15 is 0 Å². The number of benzene rings is 12. The molecule has 63 heavy (non-hydrogen) atoms. The van der Waals surface area contributed by atoms with E-state index in [-0.39, 0.29) is 5.41 Å². The van der Waals surface area contributed by atoms with Crippen LogP contribution in [0.25, 0.3) is 120 Å². The average Bonchev–Trinajstić information content (AvgIpc) is 3.58. The van der Waals surface area contributed by atoms with Gasteiger partial charge in [-0.2, -0.15) is 0 Å². The zero-order valence-corrected chi connectivity index (χ0v) is 35.3. The Kier molecular flexibility index (Phi) is 7.75. The summed E-state index contributed by atoms with van der Waals surface area (Å²) in [6.45, 7) is 4.91. The van der Waals surface area contributed by atoms with Crippen LogP contribution in [0.4, 0.5) is 0 Å². The number of rotatable bonds is 4. The minimum Gasteiger partial charge on any atom is -0.0622 e. The van der Waals surface area contributed by atoms with Gasteiger partial charge >= 0.3 is 0 Å². The van der Waals surface area contributed by atoms with Gasteiger partial charge in [-0.25, -0.2) is 0 Å². The van der Waals surface area contributed by atoms with Gasteiger partial charge < -0.3 is 0 Å². The zero-order valence-electron chi connectivity index (χ0n) is 35.3. The van der Waals surface area contributed by atoms with Gasteiger partial charge in [-0.05, 0) is 144 Å². The largest absolute Gasteiger partial charge is 0.0622 e. The van der Waals surface area contributed by atoms with Crippen LogP contribution in [0.3, 0.4) is 0 Å². The summed E-state index contributed by atoms with van der Waals surface area (Å²) < 4.78 is 0. The maximum absolute atomic E-state index is 2.57. The Morgan fingerprint density at radius 1 is 0.222 bits per heavy atom. The topological polar surface area (TPSA) is 0 Å². The third-order valence-electron chi connectivity index (χ3n) is 14.2. The van der Waals surface area contributed by atoms with E-state index in [0.29, 0.717) is 0 Å². The van der Waals surface area contributed by atoms with Crippen molar-refractivity contribution in [3.63, 3.8) is 0 Å². The molecule has 0 aliphatic heterocycles. The molecule has 0 heteroatoms. The molecule has 12 aromatic carbocycles. The maximum atomic E-state index is 2.57. The van der Waals surface area contributed by atoms with E-state index in [0.717, 1.165) is 0 Å². The summed E-state index contributed by atoms with van der Waals surface area (Å²) in [6, 6.07) is 81.5. The molecule has 0 saturated carbocycles. The minimum absolute atomic E-state index is 0.298. The van der Waals surface area contributed by atoms with Gasteiger partial charge in [-0.3, -0.25) is 0 Å². The first-order valence-electron chi connectivity index (χ1n) is 22.2. The molecule has 0 fully saturated rings. The van der Waals surface area contributed by atoms with Gasteiger partial charge in [-0.1, -0.05) is 220 Å². The summed E-state index contributed by atoms with van der Waals surface area (Å²) >= 11 is 0. The van der Waals surface area contributed by atoms with Gasteiger partial charge in [0, 0.05) is 5.41 Å². The highest BCUT2D eigenvalue weighted by Gasteiger charge is 2.39. The Bertz CT molecular complexity index is 3480. The predicted molar refractivity (Wildman–Crippen MR) is 271 cm³/mol. The van der Waals surface area contributed by atoms with Crippen molar-refractivity contribution in [3.8, 4) is 55.6 Å². The highest BCUT2D eigenvalue weighted by molar-refractivity contribution is 6.27. The normalized spacial score (nSPS) is 13.0. The molecular formula is C63H42. The van der Waals surface area contributed by atoms with Gasteiger partial charge in [0.1, 0.15) is 0 Å². The smallest absolute Gasteiger partial charge is 0.0159 e. The first-order chi connectivity index (χ1) is 31.1. The van der Waals surface area contributed by atoms with Gasteiger partial charge in [0.25, 0.3) is 0 Å². The van der Waals surface area contributed by atoms with E-state index in [2.05, 4.69) is 232 Å². The van der Waals surface area contributed by atoms with Crippen LogP contribution >= 0.6 is 0 Å². The second kappa shape index (κ2) is 13.6. The predicted octanol–water partition coefficient (Wildman–Crippen LogP) is 17.6. The van der Waals surface area contributed by atoms with Crippen LogP contribution in [0, 0.1) is 0 Å². The molecule has 294 valence electrons. The van der Waals surface area contributed by atoms with Crippen molar-refractivity contribution in [2.24, 2.45) is 0 Å². The van der Waals surface area contributed by atoms with Crippen molar-refractivity contribution < 1.29 is 0 Å². The standard InChI is InChI=1S/C63H42/c1-63(2)55-37-53(59-49-33-17-13-29-45(49)57(39-21-5-3-6-22-39)46-30-14-18-34-50(46)59)41-25-9-11-27-43(41)61(55)62-44-28-12-10-26-42(44)54(38-56(62)63)60-51-35-19-15-31-47(51)58(40-23-7-4-8-24-40)48-32-16-20-36-52(48)60/h3-38H,1-2H3. The monoisotopic (exact) mass is 798 g/mol. The van der Waals surface area contributed by atoms with E-state index in [1.165, 1.54) is 131 Å². The third-order valence-corrected chi connectivity index (χ3v) is 14.2. The summed E-state index contributed by atoms with van der Waals surface area (Å²) in [4.78, 5) is 0. The SMILES string of the molecule is CC1(C)c2cc(-c3c4ccccc4c(-c4ccccc4)c4ccccc34)c3ccccc3c2-c2c1cc(-c1c3ccccc3c(-c3ccccc3)c3ccccc13)c1ccccc21. The molecule has 0 atom stereocenters. The number of hydrogen-bond donors (Lipinski definition) is 0. The summed E-state index contributed by atoms with van der Waals surface area (Å²) in [5, 5.41) is 15.4. The van der Waals surface area contributed by atoms with Gasteiger partial charge in [0.2, 0.25) is 0 Å². The number of hydrogen-bond acceptors (Lipinski definition) is 0. The molecule has 1 aliphatic carbocycles. The molecule has 0 bridgehead atoms. The van der Waals surface area contributed by atoms with Crippen LogP contribution < -0.4 is 0 Å². The molecule has 0 spiro atoms. The Morgan fingerprint density at radius 3 is 0.730 bits per heavy atom. The third kappa shape index (κ3) is 5.10. The van der Waals surface area contributed by atoms with Crippen molar-refractivity contribution in [1.82, 2.24) is 0 Å². The van der Waals surface area contributed by atoms with Crippen LogP contribution in [0.2, 0.25) is 0 Å². The summed E-state index contributed by atoms with van der Waals surface area (Å²) in [5.74, 6) is 0. The first kappa shape index (κ1) is 35.9. The second-order valence-electron chi connectivity index (χ2n) is 17.8. The first-order valence-corrected chi connectivity index (χ1v) is 22.2. The highest BCUT2D eigenvalue weighted by atomic mass is 14.4. The van der Waals surface area contributed by atoms with Crippen LogP contribution in [0.1, 0.15) is 25.0 Å². The van der Waals surface area contributed by atoms with E-state index in [9.17, 15) is 0 Å². The molecule has 0 aromatic heterocycles. The van der Waals surface area contributed by atoms with Crippen molar-refractivity contribution in [2.75, 3.05) is 0 Å². The molecule has 0 saturated heterocycles. The Balaban J connectivity index is 1.13. The Labute approximate surface area is 367 Å². The van der Waals surface area contributed by atoms with E-state index in [4.69, 9.17) is 0 Å². The molecule has 0 amide bonds. The van der Waals surface area contributed by atoms with Crippen LogP contribution in [0.5, 0.6) is 0 Å². The second-order valence-corrected chi connectivity index (χ2v) is 17.8. The fourth-order valence-corrected chi connectivity index (χ4v) is 11.5.